The first kappa shape index (κ1) is 13.6. The third-order valence-electron chi connectivity index (χ3n) is 2.41. The van der Waals surface area contributed by atoms with E-state index in [1.165, 1.54) is 0 Å². The quantitative estimate of drug-likeness (QED) is 0.883. The van der Waals surface area contributed by atoms with Crippen LogP contribution in [0.1, 0.15) is 6.92 Å². The second-order valence-corrected chi connectivity index (χ2v) is 4.62. The Morgan fingerprint density at radius 3 is 2.89 bits per heavy atom. The lowest BCUT2D eigenvalue weighted by Gasteiger charge is -2.09. The van der Waals surface area contributed by atoms with Crippen LogP contribution < -0.4 is 15.4 Å². The zero-order valence-electron chi connectivity index (χ0n) is 10.8. The van der Waals surface area contributed by atoms with Crippen molar-refractivity contribution in [3.8, 4) is 5.75 Å². The Hall–Kier alpha value is -1.82. The zero-order valence-corrected chi connectivity index (χ0v) is 12.4. The molecule has 0 aliphatic carbocycles. The molecule has 100 valence electrons. The van der Waals surface area contributed by atoms with Crippen molar-refractivity contribution in [1.29, 1.82) is 0 Å². The molecule has 19 heavy (non-hydrogen) atoms. The van der Waals surface area contributed by atoms with Crippen molar-refractivity contribution in [2.75, 3.05) is 24.3 Å². The SMILES string of the molecule is CCNc1nccc(Nc2ccc(Br)c(OC)c2)n1. The number of nitrogens with one attached hydrogen (secondary N) is 2. The molecule has 0 radical (unpaired) electrons. The Bertz CT molecular complexity index is 562. The first-order valence-electron chi connectivity index (χ1n) is 5.90. The van der Waals surface area contributed by atoms with Gasteiger partial charge in [0, 0.05) is 24.5 Å². The molecule has 5 nitrogen and oxygen atoms in total. The first-order chi connectivity index (χ1) is 9.22. The fraction of sp³-hybridized carbons (Fsp3) is 0.231. The molecule has 0 saturated heterocycles. The smallest absolute Gasteiger partial charge is 0.224 e. The van der Waals surface area contributed by atoms with E-state index in [1.54, 1.807) is 13.3 Å². The Morgan fingerprint density at radius 2 is 2.16 bits per heavy atom. The molecular formula is C13H15BrN4O. The summed E-state index contributed by atoms with van der Waals surface area (Å²) in [5.41, 5.74) is 0.904. The average Bonchev–Trinajstić information content (AvgIpc) is 2.42. The molecule has 1 aromatic carbocycles. The van der Waals surface area contributed by atoms with E-state index < -0.39 is 0 Å². The molecule has 0 aliphatic rings. The van der Waals surface area contributed by atoms with Gasteiger partial charge < -0.3 is 15.4 Å². The molecular weight excluding hydrogens is 308 g/mol. The Morgan fingerprint density at radius 1 is 1.32 bits per heavy atom. The van der Waals surface area contributed by atoms with Crippen molar-refractivity contribution >= 4 is 33.4 Å². The monoisotopic (exact) mass is 322 g/mol. The van der Waals surface area contributed by atoms with E-state index >= 15 is 0 Å². The molecule has 2 aromatic rings. The van der Waals surface area contributed by atoms with Gasteiger partial charge in [-0.25, -0.2) is 4.98 Å². The van der Waals surface area contributed by atoms with Crippen LogP contribution in [0.15, 0.2) is 34.9 Å². The van der Waals surface area contributed by atoms with E-state index in [0.29, 0.717) is 5.95 Å². The number of halogens is 1. The van der Waals surface area contributed by atoms with Gasteiger partial charge in [0.2, 0.25) is 5.95 Å². The average molecular weight is 323 g/mol. The summed E-state index contributed by atoms with van der Waals surface area (Å²) in [6, 6.07) is 7.59. The number of hydrogen-bond acceptors (Lipinski definition) is 5. The predicted molar refractivity (Wildman–Crippen MR) is 80.2 cm³/mol. The van der Waals surface area contributed by atoms with Gasteiger partial charge in [-0.1, -0.05) is 0 Å². The predicted octanol–water partition coefficient (Wildman–Crippen LogP) is 3.42. The third-order valence-corrected chi connectivity index (χ3v) is 3.07. The summed E-state index contributed by atoms with van der Waals surface area (Å²) in [5, 5.41) is 6.28. The molecule has 1 heterocycles. The molecule has 0 amide bonds. The van der Waals surface area contributed by atoms with Gasteiger partial charge in [0.25, 0.3) is 0 Å². The maximum atomic E-state index is 5.25. The van der Waals surface area contributed by atoms with E-state index in [0.717, 1.165) is 28.3 Å². The van der Waals surface area contributed by atoms with E-state index in [-0.39, 0.29) is 0 Å². The van der Waals surface area contributed by atoms with Crippen LogP contribution in [0.5, 0.6) is 5.75 Å². The van der Waals surface area contributed by atoms with Gasteiger partial charge in [-0.15, -0.1) is 0 Å². The molecule has 0 saturated carbocycles. The molecule has 2 rings (SSSR count). The highest BCUT2D eigenvalue weighted by molar-refractivity contribution is 9.10. The zero-order chi connectivity index (χ0) is 13.7. The second kappa shape index (κ2) is 6.38. The summed E-state index contributed by atoms with van der Waals surface area (Å²) in [6.07, 6.45) is 1.71. The fourth-order valence-electron chi connectivity index (χ4n) is 1.56. The van der Waals surface area contributed by atoms with Crippen LogP contribution in [-0.2, 0) is 0 Å². The number of hydrogen-bond donors (Lipinski definition) is 2. The highest BCUT2D eigenvalue weighted by Gasteiger charge is 2.03. The molecule has 0 aliphatic heterocycles. The topological polar surface area (TPSA) is 59.1 Å². The largest absolute Gasteiger partial charge is 0.495 e. The minimum atomic E-state index is 0.608. The van der Waals surface area contributed by atoms with Crippen molar-refractivity contribution < 1.29 is 4.74 Å². The highest BCUT2D eigenvalue weighted by atomic mass is 79.9. The lowest BCUT2D eigenvalue weighted by atomic mass is 10.3. The summed E-state index contributed by atoms with van der Waals surface area (Å²) in [6.45, 7) is 2.79. The molecule has 0 bridgehead atoms. The van der Waals surface area contributed by atoms with Crippen molar-refractivity contribution in [1.82, 2.24) is 9.97 Å². The minimum absolute atomic E-state index is 0.608. The van der Waals surface area contributed by atoms with E-state index in [2.05, 4.69) is 36.5 Å². The number of rotatable bonds is 5. The van der Waals surface area contributed by atoms with Gasteiger partial charge in [0.05, 0.1) is 11.6 Å². The second-order valence-electron chi connectivity index (χ2n) is 3.77. The third kappa shape index (κ3) is 3.57. The van der Waals surface area contributed by atoms with Gasteiger partial charge >= 0.3 is 0 Å². The van der Waals surface area contributed by atoms with Crippen LogP contribution in [-0.4, -0.2) is 23.6 Å². The fourth-order valence-corrected chi connectivity index (χ4v) is 1.97. The summed E-state index contributed by atoms with van der Waals surface area (Å²) in [7, 11) is 1.64. The van der Waals surface area contributed by atoms with E-state index in [1.807, 2.05) is 31.2 Å². The number of aromatic nitrogens is 2. The van der Waals surface area contributed by atoms with Crippen LogP contribution in [0, 0.1) is 0 Å². The van der Waals surface area contributed by atoms with E-state index in [9.17, 15) is 0 Å². The normalized spacial score (nSPS) is 10.1. The molecule has 1 aromatic heterocycles. The number of benzene rings is 1. The van der Waals surface area contributed by atoms with Crippen LogP contribution in [0.25, 0.3) is 0 Å². The van der Waals surface area contributed by atoms with E-state index in [4.69, 9.17) is 4.74 Å². The van der Waals surface area contributed by atoms with Gasteiger partial charge in [0.1, 0.15) is 11.6 Å². The van der Waals surface area contributed by atoms with Crippen molar-refractivity contribution in [2.24, 2.45) is 0 Å². The van der Waals surface area contributed by atoms with Crippen LogP contribution in [0.2, 0.25) is 0 Å². The molecule has 0 spiro atoms. The van der Waals surface area contributed by atoms with Crippen LogP contribution in [0.3, 0.4) is 0 Å². The van der Waals surface area contributed by atoms with Crippen LogP contribution >= 0.6 is 15.9 Å². The Labute approximate surface area is 120 Å². The lowest BCUT2D eigenvalue weighted by Crippen LogP contribution is -2.03. The maximum Gasteiger partial charge on any atom is 0.224 e. The van der Waals surface area contributed by atoms with Gasteiger partial charge in [0.15, 0.2) is 0 Å². The molecule has 6 heteroatoms. The summed E-state index contributed by atoms with van der Waals surface area (Å²) in [5.74, 6) is 2.11. The summed E-state index contributed by atoms with van der Waals surface area (Å²) in [4.78, 5) is 8.47. The Balaban J connectivity index is 2.18. The number of methoxy groups -OCH3 is 1. The van der Waals surface area contributed by atoms with Gasteiger partial charge in [-0.2, -0.15) is 4.98 Å². The standard InChI is InChI=1S/C13H15BrN4O/c1-3-15-13-16-7-6-12(18-13)17-9-4-5-10(14)11(8-9)19-2/h4-8H,3H2,1-2H3,(H2,15,16,17,18). The number of anilines is 3. The number of nitrogens with zero attached hydrogens (tertiary/aromatic N) is 2. The maximum absolute atomic E-state index is 5.25. The van der Waals surface area contributed by atoms with Gasteiger partial charge in [-0.3, -0.25) is 0 Å². The van der Waals surface area contributed by atoms with Gasteiger partial charge in [-0.05, 0) is 41.1 Å². The molecule has 0 unspecified atom stereocenters. The van der Waals surface area contributed by atoms with Crippen molar-refractivity contribution in [2.45, 2.75) is 6.92 Å². The van der Waals surface area contributed by atoms with Crippen LogP contribution in [0.4, 0.5) is 17.5 Å². The molecule has 0 atom stereocenters. The first-order valence-corrected chi connectivity index (χ1v) is 6.69. The Kier molecular flexibility index (Phi) is 4.57. The minimum Gasteiger partial charge on any atom is -0.495 e. The van der Waals surface area contributed by atoms with Crippen molar-refractivity contribution in [3.63, 3.8) is 0 Å². The highest BCUT2D eigenvalue weighted by Crippen LogP contribution is 2.29. The molecule has 2 N–H and O–H groups in total. The lowest BCUT2D eigenvalue weighted by molar-refractivity contribution is 0.412. The summed E-state index contributed by atoms with van der Waals surface area (Å²) < 4.78 is 6.17. The molecule has 0 fully saturated rings. The summed E-state index contributed by atoms with van der Waals surface area (Å²) >= 11 is 3.42. The number of ether oxygens (including phenoxy) is 1. The van der Waals surface area contributed by atoms with Crippen molar-refractivity contribution in [3.05, 3.63) is 34.9 Å².